The Hall–Kier alpha value is -2.29. The minimum absolute atomic E-state index is 0.000291. The molecule has 0 aromatic carbocycles. The van der Waals surface area contributed by atoms with Crippen LogP contribution in [-0.4, -0.2) is 52.4 Å². The number of amides is 2. The zero-order valence-electron chi connectivity index (χ0n) is 16.3. The van der Waals surface area contributed by atoms with Crippen molar-refractivity contribution in [2.24, 2.45) is 0 Å². The lowest BCUT2D eigenvalue weighted by Gasteiger charge is -2.33. The summed E-state index contributed by atoms with van der Waals surface area (Å²) in [6, 6.07) is 1.58. The molecule has 160 valence electrons. The van der Waals surface area contributed by atoms with E-state index in [1.807, 2.05) is 4.90 Å². The van der Waals surface area contributed by atoms with Crippen LogP contribution in [0.1, 0.15) is 39.5 Å². The molecular weight excluding hydrogens is 451 g/mol. The summed E-state index contributed by atoms with van der Waals surface area (Å²) >= 11 is 18.2. The number of aromatic amines is 1. The van der Waals surface area contributed by atoms with Gasteiger partial charge in [0.05, 0.1) is 10.0 Å². The molecule has 2 aromatic rings. The van der Waals surface area contributed by atoms with E-state index in [-0.39, 0.29) is 39.6 Å². The summed E-state index contributed by atoms with van der Waals surface area (Å²) in [6.45, 7) is 6.90. The Morgan fingerprint density at radius 3 is 2.53 bits per heavy atom. The summed E-state index contributed by atoms with van der Waals surface area (Å²) in [5.74, 6) is -0.0718. The van der Waals surface area contributed by atoms with Crippen LogP contribution in [0.15, 0.2) is 18.7 Å². The molecule has 3 N–H and O–H groups in total. The van der Waals surface area contributed by atoms with Crippen molar-refractivity contribution < 1.29 is 9.59 Å². The van der Waals surface area contributed by atoms with Gasteiger partial charge < -0.3 is 20.5 Å². The van der Waals surface area contributed by atoms with Gasteiger partial charge in [-0.15, -0.1) is 6.58 Å². The van der Waals surface area contributed by atoms with Crippen molar-refractivity contribution in [2.75, 3.05) is 24.5 Å². The highest BCUT2D eigenvalue weighted by molar-refractivity contribution is 6.44. The summed E-state index contributed by atoms with van der Waals surface area (Å²) in [5.41, 5.74) is 1.10. The number of carbonyl (C=O) groups is 2. The third kappa shape index (κ3) is 5.06. The predicted molar refractivity (Wildman–Crippen MR) is 118 cm³/mol. The summed E-state index contributed by atoms with van der Waals surface area (Å²) < 4.78 is 0. The molecule has 2 aromatic heterocycles. The fraction of sp³-hybridized carbons (Fsp3) is 0.368. The molecule has 30 heavy (non-hydrogen) atoms. The molecule has 11 heteroatoms. The van der Waals surface area contributed by atoms with Crippen LogP contribution >= 0.6 is 34.8 Å². The maximum absolute atomic E-state index is 12.5. The summed E-state index contributed by atoms with van der Waals surface area (Å²) in [5, 5.41) is 6.22. The quantitative estimate of drug-likeness (QED) is 0.443. The largest absolute Gasteiger partial charge is 0.356 e. The number of halogens is 3. The van der Waals surface area contributed by atoms with E-state index < -0.39 is 0 Å². The van der Waals surface area contributed by atoms with Crippen molar-refractivity contribution in [3.8, 4) is 0 Å². The first kappa shape index (κ1) is 22.4. The fourth-order valence-corrected chi connectivity index (χ4v) is 3.77. The monoisotopic (exact) mass is 470 g/mol. The number of anilines is 1. The Morgan fingerprint density at radius 2 is 1.93 bits per heavy atom. The predicted octanol–water partition coefficient (Wildman–Crippen LogP) is 3.39. The van der Waals surface area contributed by atoms with Crippen LogP contribution in [0, 0.1) is 6.92 Å². The minimum Gasteiger partial charge on any atom is -0.356 e. The molecule has 0 aliphatic carbocycles. The number of nitrogens with one attached hydrogen (secondary N) is 3. The van der Waals surface area contributed by atoms with E-state index in [2.05, 4.69) is 32.2 Å². The van der Waals surface area contributed by atoms with E-state index in [1.165, 1.54) is 0 Å². The molecule has 0 saturated carbocycles. The molecule has 0 radical (unpaired) electrons. The molecule has 0 atom stereocenters. The minimum atomic E-state index is -0.348. The molecule has 8 nitrogen and oxygen atoms in total. The Kier molecular flexibility index (Phi) is 7.23. The fourth-order valence-electron chi connectivity index (χ4n) is 3.18. The second-order valence-corrected chi connectivity index (χ2v) is 7.96. The number of H-pyrrole nitrogens is 1. The molecular formula is C19H21Cl3N6O2. The van der Waals surface area contributed by atoms with Gasteiger partial charge in [0.2, 0.25) is 5.28 Å². The van der Waals surface area contributed by atoms with Crippen LogP contribution < -0.4 is 15.5 Å². The SMILES string of the molecule is C=CCNC(=O)c1cc(N2CCC(NC(=O)c3[nH]c(C)c(Cl)c3Cl)CC2)nc(Cl)n1. The van der Waals surface area contributed by atoms with Gasteiger partial charge >= 0.3 is 0 Å². The smallest absolute Gasteiger partial charge is 0.270 e. The lowest BCUT2D eigenvalue weighted by Crippen LogP contribution is -2.45. The van der Waals surface area contributed by atoms with Crippen molar-refractivity contribution in [3.05, 3.63) is 51.1 Å². The van der Waals surface area contributed by atoms with E-state index in [1.54, 1.807) is 19.1 Å². The molecule has 0 bridgehead atoms. The van der Waals surface area contributed by atoms with Gasteiger partial charge in [0.25, 0.3) is 11.8 Å². The number of aromatic nitrogens is 3. The molecule has 2 amide bonds. The maximum Gasteiger partial charge on any atom is 0.270 e. The highest BCUT2D eigenvalue weighted by Crippen LogP contribution is 2.29. The molecule has 1 aliphatic rings. The van der Waals surface area contributed by atoms with E-state index in [4.69, 9.17) is 34.8 Å². The third-order valence-corrected chi connectivity index (χ3v) is 5.88. The molecule has 1 fully saturated rings. The number of piperidine rings is 1. The van der Waals surface area contributed by atoms with Crippen LogP contribution in [0.4, 0.5) is 5.82 Å². The Bertz CT molecular complexity index is 969. The van der Waals surface area contributed by atoms with Crippen molar-refractivity contribution in [1.29, 1.82) is 0 Å². The van der Waals surface area contributed by atoms with Gasteiger partial charge in [-0.2, -0.15) is 0 Å². The van der Waals surface area contributed by atoms with Gasteiger partial charge in [-0.3, -0.25) is 9.59 Å². The molecule has 3 heterocycles. The van der Waals surface area contributed by atoms with E-state index in [0.717, 1.165) is 0 Å². The number of aryl methyl sites for hydroxylation is 1. The molecule has 1 aliphatic heterocycles. The summed E-state index contributed by atoms with van der Waals surface area (Å²) in [6.07, 6.45) is 2.96. The zero-order valence-corrected chi connectivity index (χ0v) is 18.5. The van der Waals surface area contributed by atoms with Crippen LogP contribution in [0.5, 0.6) is 0 Å². The highest BCUT2D eigenvalue weighted by Gasteiger charge is 2.25. The van der Waals surface area contributed by atoms with Gasteiger partial charge in [0.15, 0.2) is 0 Å². The van der Waals surface area contributed by atoms with Crippen LogP contribution in [0.3, 0.4) is 0 Å². The first-order valence-electron chi connectivity index (χ1n) is 9.33. The lowest BCUT2D eigenvalue weighted by molar-refractivity contribution is 0.0924. The van der Waals surface area contributed by atoms with E-state index in [0.29, 0.717) is 49.0 Å². The van der Waals surface area contributed by atoms with Gasteiger partial charge in [0.1, 0.15) is 17.2 Å². The van der Waals surface area contributed by atoms with Crippen molar-refractivity contribution in [2.45, 2.75) is 25.8 Å². The van der Waals surface area contributed by atoms with Crippen LogP contribution in [0.2, 0.25) is 15.3 Å². The molecule has 0 unspecified atom stereocenters. The molecule has 1 saturated heterocycles. The third-order valence-electron chi connectivity index (χ3n) is 4.76. The maximum atomic E-state index is 12.5. The topological polar surface area (TPSA) is 103 Å². The van der Waals surface area contributed by atoms with E-state index >= 15 is 0 Å². The van der Waals surface area contributed by atoms with Gasteiger partial charge in [0, 0.05) is 37.4 Å². The summed E-state index contributed by atoms with van der Waals surface area (Å²) in [7, 11) is 0. The van der Waals surface area contributed by atoms with Crippen molar-refractivity contribution in [3.63, 3.8) is 0 Å². The van der Waals surface area contributed by atoms with Gasteiger partial charge in [-0.25, -0.2) is 9.97 Å². The molecule has 3 rings (SSSR count). The second kappa shape index (κ2) is 9.68. The van der Waals surface area contributed by atoms with Gasteiger partial charge in [-0.1, -0.05) is 29.3 Å². The van der Waals surface area contributed by atoms with Crippen LogP contribution in [0.25, 0.3) is 0 Å². The normalized spacial score (nSPS) is 14.5. The highest BCUT2D eigenvalue weighted by atomic mass is 35.5. The first-order chi connectivity index (χ1) is 14.3. The standard InChI is InChI=1S/C19H21Cl3N6O2/c1-3-6-23-17(29)12-9-13(27-19(22)26-12)28-7-4-11(5-8-28)25-18(30)16-15(21)14(20)10(2)24-16/h3,9,11,24H,1,4-8H2,2H3,(H,23,29)(H,25,30). The Morgan fingerprint density at radius 1 is 1.23 bits per heavy atom. The number of hydrogen-bond donors (Lipinski definition) is 3. The van der Waals surface area contributed by atoms with Crippen molar-refractivity contribution in [1.82, 2.24) is 25.6 Å². The lowest BCUT2D eigenvalue weighted by atomic mass is 10.0. The Balaban J connectivity index is 1.62. The van der Waals surface area contributed by atoms with E-state index in [9.17, 15) is 9.59 Å². The number of nitrogens with zero attached hydrogens (tertiary/aromatic N) is 3. The number of carbonyl (C=O) groups excluding carboxylic acids is 2. The average molecular weight is 472 g/mol. The van der Waals surface area contributed by atoms with Gasteiger partial charge in [-0.05, 0) is 31.4 Å². The Labute approximate surface area is 189 Å². The molecule has 0 spiro atoms. The second-order valence-electron chi connectivity index (χ2n) is 6.87. The summed E-state index contributed by atoms with van der Waals surface area (Å²) in [4.78, 5) is 37.8. The first-order valence-corrected chi connectivity index (χ1v) is 10.5. The zero-order chi connectivity index (χ0) is 21.8. The number of rotatable bonds is 6. The van der Waals surface area contributed by atoms with Crippen molar-refractivity contribution >= 4 is 52.4 Å². The number of hydrogen-bond acceptors (Lipinski definition) is 5. The average Bonchev–Trinajstić information content (AvgIpc) is 2.99. The van der Waals surface area contributed by atoms with Crippen LogP contribution in [-0.2, 0) is 0 Å².